The van der Waals surface area contributed by atoms with Gasteiger partial charge < -0.3 is 15.0 Å². The number of nitrogens with zero attached hydrogens (tertiary/aromatic N) is 1. The molecule has 0 aromatic heterocycles. The zero-order valence-corrected chi connectivity index (χ0v) is 21.5. The summed E-state index contributed by atoms with van der Waals surface area (Å²) in [6, 6.07) is 21.9. The van der Waals surface area contributed by atoms with E-state index in [-0.39, 0.29) is 25.1 Å². The number of nitrogens with one attached hydrogen (secondary N) is 1. The molecule has 37 heavy (non-hydrogen) atoms. The molecule has 1 unspecified atom stereocenters. The first-order valence-corrected chi connectivity index (χ1v) is 13.1. The van der Waals surface area contributed by atoms with Gasteiger partial charge in [0, 0.05) is 29.6 Å². The van der Waals surface area contributed by atoms with E-state index in [0.29, 0.717) is 22.8 Å². The van der Waals surface area contributed by atoms with Crippen LogP contribution in [0.3, 0.4) is 0 Å². The standard InChI is InChI=1S/C30H32ClFN2O3/c31-24-13-9-16-26(19-24)37-21-29(35)34(20-23-12-7-8-17-27(23)32)28(18-22-10-3-1-4-11-22)30(36)33-25-14-5-2-6-15-25/h1,3-4,7-13,16-17,19,25,28H,2,5-6,14-15,18,20-21H2,(H,33,36). The van der Waals surface area contributed by atoms with Crippen LogP contribution in [-0.4, -0.2) is 35.4 Å². The zero-order chi connectivity index (χ0) is 26.0. The minimum Gasteiger partial charge on any atom is -0.484 e. The topological polar surface area (TPSA) is 58.6 Å². The Kier molecular flexibility index (Phi) is 9.55. The number of hydrogen-bond donors (Lipinski definition) is 1. The molecule has 5 nitrogen and oxygen atoms in total. The van der Waals surface area contributed by atoms with Gasteiger partial charge in [0.25, 0.3) is 5.91 Å². The third-order valence-electron chi connectivity index (χ3n) is 6.68. The maximum absolute atomic E-state index is 14.7. The summed E-state index contributed by atoms with van der Waals surface area (Å²) in [7, 11) is 0. The number of hydrogen-bond acceptors (Lipinski definition) is 3. The molecule has 1 fully saturated rings. The lowest BCUT2D eigenvalue weighted by Crippen LogP contribution is -2.53. The van der Waals surface area contributed by atoms with Crippen LogP contribution in [0.4, 0.5) is 4.39 Å². The van der Waals surface area contributed by atoms with E-state index in [9.17, 15) is 14.0 Å². The second-order valence-corrected chi connectivity index (χ2v) is 9.84. The predicted molar refractivity (Wildman–Crippen MR) is 143 cm³/mol. The van der Waals surface area contributed by atoms with E-state index in [0.717, 1.165) is 31.2 Å². The summed E-state index contributed by atoms with van der Waals surface area (Å²) >= 11 is 6.05. The van der Waals surface area contributed by atoms with E-state index in [1.54, 1.807) is 42.5 Å². The normalized spacial score (nSPS) is 14.5. The Bertz CT molecular complexity index is 1180. The summed E-state index contributed by atoms with van der Waals surface area (Å²) in [5.41, 5.74) is 1.25. The third kappa shape index (κ3) is 7.80. The molecule has 1 N–H and O–H groups in total. The molecule has 1 aliphatic rings. The number of rotatable bonds is 10. The molecule has 0 aliphatic heterocycles. The van der Waals surface area contributed by atoms with E-state index < -0.39 is 17.8 Å². The average Bonchev–Trinajstić information content (AvgIpc) is 2.91. The fourth-order valence-corrected chi connectivity index (χ4v) is 4.87. The highest BCUT2D eigenvalue weighted by molar-refractivity contribution is 6.30. The van der Waals surface area contributed by atoms with Gasteiger partial charge >= 0.3 is 0 Å². The Morgan fingerprint density at radius 1 is 0.973 bits per heavy atom. The molecule has 1 atom stereocenters. The largest absolute Gasteiger partial charge is 0.484 e. The first kappa shape index (κ1) is 26.7. The first-order valence-electron chi connectivity index (χ1n) is 12.7. The van der Waals surface area contributed by atoms with E-state index in [1.165, 1.54) is 17.4 Å². The Morgan fingerprint density at radius 2 is 1.70 bits per heavy atom. The number of halogens is 2. The van der Waals surface area contributed by atoms with Gasteiger partial charge in [-0.05, 0) is 42.7 Å². The summed E-state index contributed by atoms with van der Waals surface area (Å²) in [5, 5.41) is 3.66. The summed E-state index contributed by atoms with van der Waals surface area (Å²) in [5.74, 6) is -0.633. The van der Waals surface area contributed by atoms with Crippen LogP contribution in [0.25, 0.3) is 0 Å². The zero-order valence-electron chi connectivity index (χ0n) is 20.7. The smallest absolute Gasteiger partial charge is 0.261 e. The van der Waals surface area contributed by atoms with Crippen LogP contribution in [0.2, 0.25) is 5.02 Å². The summed E-state index contributed by atoms with van der Waals surface area (Å²) < 4.78 is 20.4. The van der Waals surface area contributed by atoms with Crippen LogP contribution in [-0.2, 0) is 22.6 Å². The maximum Gasteiger partial charge on any atom is 0.261 e. The molecular formula is C30H32ClFN2O3. The molecule has 1 aliphatic carbocycles. The van der Waals surface area contributed by atoms with Gasteiger partial charge in [0.1, 0.15) is 17.6 Å². The second kappa shape index (κ2) is 13.2. The van der Waals surface area contributed by atoms with E-state index in [1.807, 2.05) is 30.3 Å². The van der Waals surface area contributed by atoms with E-state index >= 15 is 0 Å². The van der Waals surface area contributed by atoms with Crippen molar-refractivity contribution in [3.63, 3.8) is 0 Å². The molecule has 7 heteroatoms. The highest BCUT2D eigenvalue weighted by atomic mass is 35.5. The molecule has 194 valence electrons. The van der Waals surface area contributed by atoms with Crippen molar-refractivity contribution in [2.24, 2.45) is 0 Å². The SMILES string of the molecule is O=C(NC1CCCCC1)C(Cc1ccccc1)N(Cc1ccccc1F)C(=O)COc1cccc(Cl)c1. The van der Waals surface area contributed by atoms with Crippen molar-refractivity contribution >= 4 is 23.4 Å². The Hall–Kier alpha value is -3.38. The van der Waals surface area contributed by atoms with Gasteiger partial charge in [0.2, 0.25) is 5.91 Å². The van der Waals surface area contributed by atoms with Crippen LogP contribution < -0.4 is 10.1 Å². The van der Waals surface area contributed by atoms with Gasteiger partial charge in [0.15, 0.2) is 6.61 Å². The quantitative estimate of drug-likeness (QED) is 0.358. The Balaban J connectivity index is 1.62. The molecule has 1 saturated carbocycles. The number of carbonyl (C=O) groups excluding carboxylic acids is 2. The van der Waals surface area contributed by atoms with Crippen molar-refractivity contribution in [3.8, 4) is 5.75 Å². The fourth-order valence-electron chi connectivity index (χ4n) is 4.69. The third-order valence-corrected chi connectivity index (χ3v) is 6.91. The van der Waals surface area contributed by atoms with Crippen molar-refractivity contribution < 1.29 is 18.7 Å². The molecule has 0 heterocycles. The van der Waals surface area contributed by atoms with Gasteiger partial charge in [-0.25, -0.2) is 4.39 Å². The fraction of sp³-hybridized carbons (Fsp3) is 0.333. The van der Waals surface area contributed by atoms with E-state index in [2.05, 4.69) is 5.32 Å². The molecule has 0 saturated heterocycles. The van der Waals surface area contributed by atoms with Crippen LogP contribution in [0.15, 0.2) is 78.9 Å². The first-order chi connectivity index (χ1) is 18.0. The lowest BCUT2D eigenvalue weighted by Gasteiger charge is -2.33. The van der Waals surface area contributed by atoms with Gasteiger partial charge in [-0.2, -0.15) is 0 Å². The molecule has 3 aromatic rings. The number of ether oxygens (including phenoxy) is 1. The van der Waals surface area contributed by atoms with Crippen molar-refractivity contribution in [2.45, 2.75) is 57.2 Å². The number of carbonyl (C=O) groups is 2. The van der Waals surface area contributed by atoms with Gasteiger partial charge in [-0.3, -0.25) is 9.59 Å². The highest BCUT2D eigenvalue weighted by Gasteiger charge is 2.32. The summed E-state index contributed by atoms with van der Waals surface area (Å²) in [6.07, 6.45) is 5.44. The molecular weight excluding hydrogens is 491 g/mol. The number of benzene rings is 3. The second-order valence-electron chi connectivity index (χ2n) is 9.41. The summed E-state index contributed by atoms with van der Waals surface area (Å²) in [4.78, 5) is 28.7. The van der Waals surface area contributed by atoms with Gasteiger partial charge in [-0.15, -0.1) is 0 Å². The Labute approximate surface area is 222 Å². The molecule has 0 radical (unpaired) electrons. The average molecular weight is 523 g/mol. The van der Waals surface area contributed by atoms with Crippen molar-refractivity contribution in [1.29, 1.82) is 0 Å². The van der Waals surface area contributed by atoms with E-state index in [4.69, 9.17) is 16.3 Å². The molecule has 4 rings (SSSR count). The molecule has 0 spiro atoms. The van der Waals surface area contributed by atoms with Crippen LogP contribution in [0.5, 0.6) is 5.75 Å². The summed E-state index contributed by atoms with van der Waals surface area (Å²) in [6.45, 7) is -0.364. The molecule has 3 aromatic carbocycles. The highest BCUT2D eigenvalue weighted by Crippen LogP contribution is 2.21. The lowest BCUT2D eigenvalue weighted by molar-refractivity contribution is -0.143. The number of amides is 2. The monoisotopic (exact) mass is 522 g/mol. The predicted octanol–water partition coefficient (Wildman–Crippen LogP) is 5.95. The molecule has 2 amide bonds. The van der Waals surface area contributed by atoms with Crippen molar-refractivity contribution in [1.82, 2.24) is 10.2 Å². The van der Waals surface area contributed by atoms with Crippen LogP contribution in [0.1, 0.15) is 43.2 Å². The Morgan fingerprint density at radius 3 is 2.43 bits per heavy atom. The van der Waals surface area contributed by atoms with Crippen LogP contribution >= 0.6 is 11.6 Å². The molecule has 0 bridgehead atoms. The van der Waals surface area contributed by atoms with Crippen molar-refractivity contribution in [2.75, 3.05) is 6.61 Å². The minimum absolute atomic E-state index is 0.0556. The lowest BCUT2D eigenvalue weighted by atomic mass is 9.94. The minimum atomic E-state index is -0.834. The van der Waals surface area contributed by atoms with Gasteiger partial charge in [-0.1, -0.05) is 85.5 Å². The van der Waals surface area contributed by atoms with Crippen molar-refractivity contribution in [3.05, 3.63) is 101 Å². The van der Waals surface area contributed by atoms with Gasteiger partial charge in [0.05, 0.1) is 0 Å². The van der Waals surface area contributed by atoms with Crippen LogP contribution in [0, 0.1) is 5.82 Å². The maximum atomic E-state index is 14.7.